The molecule has 4 rings (SSSR count). The summed E-state index contributed by atoms with van der Waals surface area (Å²) in [6.45, 7) is 6.86. The van der Waals surface area contributed by atoms with Gasteiger partial charge in [-0.15, -0.1) is 0 Å². The Morgan fingerprint density at radius 3 is 2.47 bits per heavy atom. The molecule has 2 aliphatic rings. The molecular formula is C22H27N3O4S. The number of amides is 1. The Kier molecular flexibility index (Phi) is 5.32. The van der Waals surface area contributed by atoms with Crippen molar-refractivity contribution < 1.29 is 17.9 Å². The summed E-state index contributed by atoms with van der Waals surface area (Å²) in [5, 5.41) is 0. The minimum Gasteiger partial charge on any atom is -0.444 e. The van der Waals surface area contributed by atoms with Gasteiger partial charge in [0.1, 0.15) is 5.60 Å². The van der Waals surface area contributed by atoms with Crippen LogP contribution in [0.2, 0.25) is 0 Å². The van der Waals surface area contributed by atoms with Gasteiger partial charge in [0.2, 0.25) is 10.0 Å². The molecule has 0 N–H and O–H groups in total. The van der Waals surface area contributed by atoms with Crippen molar-refractivity contribution in [3.05, 3.63) is 48.8 Å². The van der Waals surface area contributed by atoms with Gasteiger partial charge >= 0.3 is 6.09 Å². The van der Waals surface area contributed by atoms with E-state index in [9.17, 15) is 13.2 Å². The molecule has 0 spiro atoms. The van der Waals surface area contributed by atoms with E-state index in [0.717, 1.165) is 17.5 Å². The highest BCUT2D eigenvalue weighted by Gasteiger charge is 2.48. The molecule has 160 valence electrons. The average Bonchev–Trinajstić information content (AvgIpc) is 3.28. The standard InChI is InChI=1S/C22H27N3O4S/c1-22(2,3)29-21(26)24-14-18-10-12-25(20(18)15-24)30(27,28)19-8-6-16(7-9-19)17-5-4-11-23-13-17/h4-9,11,13,18,20H,10,12,14-15H2,1-3H3/t18-,20+/m1/s1. The predicted molar refractivity (Wildman–Crippen MR) is 113 cm³/mol. The third-order valence-electron chi connectivity index (χ3n) is 5.60. The van der Waals surface area contributed by atoms with Crippen LogP contribution in [0.5, 0.6) is 0 Å². The number of carbonyl (C=O) groups excluding carboxylic acids is 1. The van der Waals surface area contributed by atoms with Crippen LogP contribution in [-0.4, -0.2) is 60.0 Å². The second-order valence-corrected chi connectivity index (χ2v) is 10.8. The third-order valence-corrected chi connectivity index (χ3v) is 7.54. The van der Waals surface area contributed by atoms with E-state index in [-0.39, 0.29) is 22.9 Å². The molecule has 1 amide bonds. The minimum absolute atomic E-state index is 0.141. The zero-order valence-corrected chi connectivity index (χ0v) is 18.3. The molecule has 8 heteroatoms. The number of fused-ring (bicyclic) bond motifs is 1. The lowest BCUT2D eigenvalue weighted by Crippen LogP contribution is -2.41. The first kappa shape index (κ1) is 20.8. The van der Waals surface area contributed by atoms with E-state index in [4.69, 9.17) is 4.74 Å². The average molecular weight is 430 g/mol. The fraction of sp³-hybridized carbons (Fsp3) is 0.455. The maximum atomic E-state index is 13.3. The van der Waals surface area contributed by atoms with E-state index in [1.807, 2.05) is 32.9 Å². The van der Waals surface area contributed by atoms with Crippen LogP contribution in [0.15, 0.2) is 53.7 Å². The van der Waals surface area contributed by atoms with Crippen LogP contribution in [0.3, 0.4) is 0 Å². The number of aromatic nitrogens is 1. The number of hydrogen-bond acceptors (Lipinski definition) is 5. The fourth-order valence-electron chi connectivity index (χ4n) is 4.19. The lowest BCUT2D eigenvalue weighted by molar-refractivity contribution is 0.0278. The van der Waals surface area contributed by atoms with Crippen molar-refractivity contribution in [1.29, 1.82) is 0 Å². The zero-order valence-electron chi connectivity index (χ0n) is 17.5. The van der Waals surface area contributed by atoms with Gasteiger partial charge in [0.05, 0.1) is 4.90 Å². The molecule has 2 fully saturated rings. The normalized spacial score (nSPS) is 22.2. The lowest BCUT2D eigenvalue weighted by Gasteiger charge is -2.26. The van der Waals surface area contributed by atoms with E-state index < -0.39 is 15.6 Å². The highest BCUT2D eigenvalue weighted by atomic mass is 32.2. The molecule has 3 heterocycles. The van der Waals surface area contributed by atoms with Gasteiger partial charge in [-0.25, -0.2) is 13.2 Å². The van der Waals surface area contributed by atoms with Crippen molar-refractivity contribution in [2.24, 2.45) is 5.92 Å². The van der Waals surface area contributed by atoms with Crippen LogP contribution < -0.4 is 0 Å². The topological polar surface area (TPSA) is 79.8 Å². The largest absolute Gasteiger partial charge is 0.444 e. The smallest absolute Gasteiger partial charge is 0.410 e. The van der Waals surface area contributed by atoms with Crippen molar-refractivity contribution in [1.82, 2.24) is 14.2 Å². The van der Waals surface area contributed by atoms with Gasteiger partial charge < -0.3 is 9.64 Å². The number of benzene rings is 1. The first-order chi connectivity index (χ1) is 14.1. The van der Waals surface area contributed by atoms with Crippen molar-refractivity contribution in [3.8, 4) is 11.1 Å². The van der Waals surface area contributed by atoms with Crippen molar-refractivity contribution in [3.63, 3.8) is 0 Å². The quantitative estimate of drug-likeness (QED) is 0.747. The summed E-state index contributed by atoms with van der Waals surface area (Å²) >= 11 is 0. The monoisotopic (exact) mass is 429 g/mol. The summed E-state index contributed by atoms with van der Waals surface area (Å²) < 4.78 is 33.6. The summed E-state index contributed by atoms with van der Waals surface area (Å²) in [7, 11) is -3.64. The second kappa shape index (κ2) is 7.67. The van der Waals surface area contributed by atoms with Crippen LogP contribution in [0.1, 0.15) is 27.2 Å². The maximum Gasteiger partial charge on any atom is 0.410 e. The Morgan fingerprint density at radius 1 is 1.10 bits per heavy atom. The summed E-state index contributed by atoms with van der Waals surface area (Å²) in [5.74, 6) is 0.141. The van der Waals surface area contributed by atoms with Crippen LogP contribution >= 0.6 is 0 Å². The van der Waals surface area contributed by atoms with E-state index in [1.54, 1.807) is 45.9 Å². The SMILES string of the molecule is CC(C)(C)OC(=O)N1C[C@H]2CCN(S(=O)(=O)c3ccc(-c4cccnc4)cc3)[C@H]2C1. The summed E-state index contributed by atoms with van der Waals surface area (Å²) in [4.78, 5) is 18.4. The number of hydrogen-bond donors (Lipinski definition) is 0. The van der Waals surface area contributed by atoms with Gasteiger partial charge in [-0.3, -0.25) is 4.98 Å². The van der Waals surface area contributed by atoms with Crippen LogP contribution in [0.25, 0.3) is 11.1 Å². The van der Waals surface area contributed by atoms with Gasteiger partial charge in [-0.2, -0.15) is 4.31 Å². The number of sulfonamides is 1. The van der Waals surface area contributed by atoms with E-state index in [0.29, 0.717) is 19.6 Å². The Labute approximate surface area is 177 Å². The Balaban J connectivity index is 1.50. The molecule has 0 aliphatic carbocycles. The maximum absolute atomic E-state index is 13.3. The number of ether oxygens (including phenoxy) is 1. The van der Waals surface area contributed by atoms with Gasteiger partial charge in [0, 0.05) is 38.1 Å². The van der Waals surface area contributed by atoms with Gasteiger partial charge in [-0.1, -0.05) is 18.2 Å². The summed E-state index contributed by atoms with van der Waals surface area (Å²) in [6, 6.07) is 10.5. The minimum atomic E-state index is -3.64. The molecule has 2 aromatic rings. The number of rotatable bonds is 3. The molecule has 2 saturated heterocycles. The van der Waals surface area contributed by atoms with Gasteiger partial charge in [0.15, 0.2) is 0 Å². The summed E-state index contributed by atoms with van der Waals surface area (Å²) in [5.41, 5.74) is 1.28. The lowest BCUT2D eigenvalue weighted by atomic mass is 10.1. The summed E-state index contributed by atoms with van der Waals surface area (Å²) in [6.07, 6.45) is 3.82. The molecule has 0 saturated carbocycles. The Bertz CT molecular complexity index is 1020. The molecule has 0 unspecified atom stereocenters. The molecule has 1 aromatic heterocycles. The highest BCUT2D eigenvalue weighted by molar-refractivity contribution is 7.89. The van der Waals surface area contributed by atoms with Crippen molar-refractivity contribution in [2.75, 3.05) is 19.6 Å². The second-order valence-electron chi connectivity index (χ2n) is 8.88. The molecular weight excluding hydrogens is 402 g/mol. The molecule has 30 heavy (non-hydrogen) atoms. The first-order valence-corrected chi connectivity index (χ1v) is 11.6. The van der Waals surface area contributed by atoms with Crippen molar-refractivity contribution >= 4 is 16.1 Å². The number of likely N-dealkylation sites (tertiary alicyclic amines) is 1. The molecule has 0 bridgehead atoms. The van der Waals surface area contributed by atoms with E-state index in [1.165, 1.54) is 0 Å². The fourth-order valence-corrected chi connectivity index (χ4v) is 5.88. The molecule has 2 atom stereocenters. The van der Waals surface area contributed by atoms with Crippen LogP contribution in [0.4, 0.5) is 4.79 Å². The number of pyridine rings is 1. The van der Waals surface area contributed by atoms with Crippen molar-refractivity contribution in [2.45, 2.75) is 43.7 Å². The molecule has 0 radical (unpaired) electrons. The Morgan fingerprint density at radius 2 is 1.83 bits per heavy atom. The van der Waals surface area contributed by atoms with Gasteiger partial charge in [0.25, 0.3) is 0 Å². The van der Waals surface area contributed by atoms with E-state index >= 15 is 0 Å². The highest BCUT2D eigenvalue weighted by Crippen LogP contribution is 2.36. The predicted octanol–water partition coefficient (Wildman–Crippen LogP) is 3.38. The molecule has 7 nitrogen and oxygen atoms in total. The van der Waals surface area contributed by atoms with Crippen LogP contribution in [0, 0.1) is 5.92 Å². The van der Waals surface area contributed by atoms with Gasteiger partial charge in [-0.05, 0) is 62.4 Å². The number of nitrogens with zero attached hydrogens (tertiary/aromatic N) is 3. The van der Waals surface area contributed by atoms with Crippen LogP contribution in [-0.2, 0) is 14.8 Å². The Hall–Kier alpha value is -2.45. The molecule has 2 aliphatic heterocycles. The molecule has 1 aromatic carbocycles. The number of carbonyl (C=O) groups is 1. The third kappa shape index (κ3) is 4.06. The first-order valence-electron chi connectivity index (χ1n) is 10.2. The van der Waals surface area contributed by atoms with E-state index in [2.05, 4.69) is 4.98 Å². The zero-order chi connectivity index (χ0) is 21.5.